The van der Waals surface area contributed by atoms with Crippen molar-refractivity contribution in [3.63, 3.8) is 0 Å². The normalized spacial score (nSPS) is 11.3. The number of benzene rings is 1. The summed E-state index contributed by atoms with van der Waals surface area (Å²) in [7, 11) is 0. The van der Waals surface area contributed by atoms with E-state index >= 15 is 0 Å². The summed E-state index contributed by atoms with van der Waals surface area (Å²) in [6, 6.07) is 5.39. The molecule has 116 valence electrons. The van der Waals surface area contributed by atoms with Gasteiger partial charge in [-0.05, 0) is 24.5 Å². The Bertz CT molecular complexity index is 512. The predicted molar refractivity (Wildman–Crippen MR) is 70.9 cm³/mol. The number of amides is 1. The van der Waals surface area contributed by atoms with Gasteiger partial charge in [0.15, 0.2) is 0 Å². The molecule has 7 heteroatoms. The van der Waals surface area contributed by atoms with Crippen LogP contribution in [0.3, 0.4) is 0 Å². The van der Waals surface area contributed by atoms with Crippen molar-refractivity contribution in [1.29, 1.82) is 0 Å². The average Bonchev–Trinajstić information content (AvgIpc) is 2.37. The molecular weight excluding hydrogens is 287 g/mol. The quantitative estimate of drug-likeness (QED) is 0.848. The fourth-order valence-corrected chi connectivity index (χ4v) is 1.43. The predicted octanol–water partition coefficient (Wildman–Crippen LogP) is 3.39. The maximum absolute atomic E-state index is 12.2. The third kappa shape index (κ3) is 5.45. The highest BCUT2D eigenvalue weighted by Crippen LogP contribution is 2.21. The molecule has 0 aliphatic rings. The fourth-order valence-electron chi connectivity index (χ4n) is 1.43. The first-order valence-electron chi connectivity index (χ1n) is 6.36. The molecule has 0 fully saturated rings. The number of anilines is 1. The van der Waals surface area contributed by atoms with Crippen LogP contribution in [-0.4, -0.2) is 24.7 Å². The van der Waals surface area contributed by atoms with Gasteiger partial charge in [0, 0.05) is 0 Å². The molecular formula is C14H16F3NO3. The van der Waals surface area contributed by atoms with Crippen LogP contribution in [-0.2, 0) is 9.53 Å². The molecule has 1 rings (SSSR count). The van der Waals surface area contributed by atoms with Crippen LogP contribution in [0.5, 0.6) is 0 Å². The molecule has 0 unspecified atom stereocenters. The Morgan fingerprint density at radius 3 is 2.43 bits per heavy atom. The number of para-hydroxylation sites is 1. The number of carbonyl (C=O) groups is 2. The SMILES string of the molecule is CC(C)CCOC(=O)c1ccccc1NC(=O)C(F)(F)F. The van der Waals surface area contributed by atoms with Gasteiger partial charge in [-0.25, -0.2) is 4.79 Å². The van der Waals surface area contributed by atoms with Crippen molar-refractivity contribution in [1.82, 2.24) is 0 Å². The maximum Gasteiger partial charge on any atom is 0.471 e. The lowest BCUT2D eigenvalue weighted by molar-refractivity contribution is -0.167. The van der Waals surface area contributed by atoms with E-state index in [0.717, 1.165) is 0 Å². The number of nitrogens with one attached hydrogen (secondary N) is 1. The fraction of sp³-hybridized carbons (Fsp3) is 0.429. The summed E-state index contributed by atoms with van der Waals surface area (Å²) < 4.78 is 41.7. The zero-order valence-electron chi connectivity index (χ0n) is 11.7. The van der Waals surface area contributed by atoms with E-state index in [2.05, 4.69) is 0 Å². The Morgan fingerprint density at radius 2 is 1.86 bits per heavy atom. The molecule has 21 heavy (non-hydrogen) atoms. The highest BCUT2D eigenvalue weighted by Gasteiger charge is 2.39. The zero-order valence-corrected chi connectivity index (χ0v) is 11.7. The number of halogens is 3. The van der Waals surface area contributed by atoms with Gasteiger partial charge in [-0.15, -0.1) is 0 Å². The lowest BCUT2D eigenvalue weighted by Crippen LogP contribution is -2.30. The lowest BCUT2D eigenvalue weighted by atomic mass is 10.1. The van der Waals surface area contributed by atoms with Gasteiger partial charge < -0.3 is 10.1 Å². The highest BCUT2D eigenvalue weighted by atomic mass is 19.4. The van der Waals surface area contributed by atoms with Gasteiger partial charge in [-0.3, -0.25) is 4.79 Å². The van der Waals surface area contributed by atoms with Crippen molar-refractivity contribution in [3.05, 3.63) is 29.8 Å². The van der Waals surface area contributed by atoms with Gasteiger partial charge in [-0.1, -0.05) is 26.0 Å². The van der Waals surface area contributed by atoms with E-state index < -0.39 is 18.1 Å². The van der Waals surface area contributed by atoms with Gasteiger partial charge in [0.1, 0.15) is 0 Å². The Labute approximate surface area is 120 Å². The van der Waals surface area contributed by atoms with Crippen LogP contribution < -0.4 is 5.32 Å². The number of hydrogen-bond donors (Lipinski definition) is 1. The van der Waals surface area contributed by atoms with Crippen LogP contribution >= 0.6 is 0 Å². The first-order valence-corrected chi connectivity index (χ1v) is 6.36. The van der Waals surface area contributed by atoms with E-state index in [0.29, 0.717) is 12.3 Å². The van der Waals surface area contributed by atoms with Crippen molar-refractivity contribution in [2.24, 2.45) is 5.92 Å². The average molecular weight is 303 g/mol. The highest BCUT2D eigenvalue weighted by molar-refractivity contribution is 6.02. The summed E-state index contributed by atoms with van der Waals surface area (Å²) in [6.07, 6.45) is -4.38. The van der Waals surface area contributed by atoms with Crippen molar-refractivity contribution in [3.8, 4) is 0 Å². The Morgan fingerprint density at radius 1 is 1.24 bits per heavy atom. The Hall–Kier alpha value is -2.05. The summed E-state index contributed by atoms with van der Waals surface area (Å²) >= 11 is 0. The van der Waals surface area contributed by atoms with E-state index in [9.17, 15) is 22.8 Å². The number of esters is 1. The molecule has 1 N–H and O–H groups in total. The maximum atomic E-state index is 12.2. The minimum Gasteiger partial charge on any atom is -0.462 e. The third-order valence-corrected chi connectivity index (χ3v) is 2.58. The second-order valence-electron chi connectivity index (χ2n) is 4.82. The number of carbonyl (C=O) groups excluding carboxylic acids is 2. The van der Waals surface area contributed by atoms with Crippen LogP contribution in [0.2, 0.25) is 0 Å². The second-order valence-corrected chi connectivity index (χ2v) is 4.82. The lowest BCUT2D eigenvalue weighted by Gasteiger charge is -2.12. The van der Waals surface area contributed by atoms with E-state index in [1.165, 1.54) is 24.3 Å². The second kappa shape index (κ2) is 7.10. The molecule has 1 aromatic carbocycles. The monoisotopic (exact) mass is 303 g/mol. The standard InChI is InChI=1S/C14H16F3NO3/c1-9(2)7-8-21-12(19)10-5-3-4-6-11(10)18-13(20)14(15,16)17/h3-6,9H,7-8H2,1-2H3,(H,18,20). The number of rotatable bonds is 5. The van der Waals surface area contributed by atoms with E-state index in [1.54, 1.807) is 5.32 Å². The molecule has 4 nitrogen and oxygen atoms in total. The van der Waals surface area contributed by atoms with Gasteiger partial charge in [0.05, 0.1) is 17.9 Å². The van der Waals surface area contributed by atoms with E-state index in [4.69, 9.17) is 4.74 Å². The van der Waals surface area contributed by atoms with Gasteiger partial charge in [0.25, 0.3) is 0 Å². The van der Waals surface area contributed by atoms with Crippen molar-refractivity contribution in [2.75, 3.05) is 11.9 Å². The van der Waals surface area contributed by atoms with Gasteiger partial charge in [0.2, 0.25) is 0 Å². The summed E-state index contributed by atoms with van der Waals surface area (Å²) in [4.78, 5) is 22.7. The molecule has 0 aromatic heterocycles. The molecule has 0 spiro atoms. The molecule has 1 aromatic rings. The minimum atomic E-state index is -5.02. The van der Waals surface area contributed by atoms with Crippen molar-refractivity contribution < 1.29 is 27.5 Å². The van der Waals surface area contributed by atoms with Crippen LogP contribution in [0.25, 0.3) is 0 Å². The zero-order chi connectivity index (χ0) is 16.0. The molecule has 0 aliphatic heterocycles. The van der Waals surface area contributed by atoms with Gasteiger partial charge >= 0.3 is 18.1 Å². The number of ether oxygens (including phenoxy) is 1. The van der Waals surface area contributed by atoms with Crippen LogP contribution in [0.4, 0.5) is 18.9 Å². The molecule has 0 radical (unpaired) electrons. The summed E-state index contributed by atoms with van der Waals surface area (Å²) in [6.45, 7) is 4.06. The Balaban J connectivity index is 2.79. The molecule has 0 atom stereocenters. The Kier molecular flexibility index (Phi) is 5.75. The number of alkyl halides is 3. The van der Waals surface area contributed by atoms with Crippen LogP contribution in [0.1, 0.15) is 30.6 Å². The molecule has 0 bridgehead atoms. The molecule has 0 heterocycles. The van der Waals surface area contributed by atoms with Gasteiger partial charge in [-0.2, -0.15) is 13.2 Å². The summed E-state index contributed by atoms with van der Waals surface area (Å²) in [5.74, 6) is -2.57. The first-order chi connectivity index (χ1) is 9.71. The third-order valence-electron chi connectivity index (χ3n) is 2.58. The minimum absolute atomic E-state index is 0.112. The van der Waals surface area contributed by atoms with Crippen molar-refractivity contribution in [2.45, 2.75) is 26.4 Å². The van der Waals surface area contributed by atoms with E-state index in [-0.39, 0.29) is 17.9 Å². The molecule has 1 amide bonds. The van der Waals surface area contributed by atoms with E-state index in [1.807, 2.05) is 13.8 Å². The smallest absolute Gasteiger partial charge is 0.462 e. The topological polar surface area (TPSA) is 55.4 Å². The molecule has 0 saturated carbocycles. The first kappa shape index (κ1) is 17.0. The molecule has 0 saturated heterocycles. The van der Waals surface area contributed by atoms with Crippen LogP contribution in [0, 0.1) is 5.92 Å². The number of hydrogen-bond acceptors (Lipinski definition) is 3. The van der Waals surface area contributed by atoms with Crippen LogP contribution in [0.15, 0.2) is 24.3 Å². The summed E-state index contributed by atoms with van der Waals surface area (Å²) in [5, 5.41) is 1.67. The summed E-state index contributed by atoms with van der Waals surface area (Å²) in [5.41, 5.74) is -0.340. The molecule has 0 aliphatic carbocycles. The largest absolute Gasteiger partial charge is 0.471 e. The van der Waals surface area contributed by atoms with Crippen molar-refractivity contribution >= 4 is 17.6 Å².